The average Bonchev–Trinajstić information content (AvgIpc) is 2.93. The number of nitrogens with zero attached hydrogens (tertiary/aromatic N) is 1. The van der Waals surface area contributed by atoms with Gasteiger partial charge >= 0.3 is 0 Å². The van der Waals surface area contributed by atoms with E-state index in [2.05, 4.69) is 29.7 Å². The standard InChI is InChI=1S/C16H21ClN4OS/c1-21(2)9-3-8-18-16-20-14(11-23-16)10-15(22)19-13-6-4-12(17)5-7-13/h4-7,11H,3,8-10H2,1-2H3,(H,18,20)(H,19,22)/p+1. The summed E-state index contributed by atoms with van der Waals surface area (Å²) >= 11 is 7.35. The minimum Gasteiger partial charge on any atom is -0.361 e. The van der Waals surface area contributed by atoms with Gasteiger partial charge in [-0.25, -0.2) is 4.98 Å². The Morgan fingerprint density at radius 2 is 2.04 bits per heavy atom. The molecule has 0 radical (unpaired) electrons. The highest BCUT2D eigenvalue weighted by molar-refractivity contribution is 7.13. The van der Waals surface area contributed by atoms with Crippen molar-refractivity contribution in [2.24, 2.45) is 0 Å². The van der Waals surface area contributed by atoms with Gasteiger partial charge in [-0.2, -0.15) is 0 Å². The summed E-state index contributed by atoms with van der Waals surface area (Å²) < 4.78 is 0. The molecule has 2 rings (SSSR count). The van der Waals surface area contributed by atoms with Gasteiger partial charge in [0.2, 0.25) is 5.91 Å². The van der Waals surface area contributed by atoms with E-state index in [-0.39, 0.29) is 12.3 Å². The highest BCUT2D eigenvalue weighted by Crippen LogP contribution is 2.17. The van der Waals surface area contributed by atoms with Gasteiger partial charge in [-0.15, -0.1) is 11.3 Å². The van der Waals surface area contributed by atoms with Crippen molar-refractivity contribution in [2.75, 3.05) is 37.8 Å². The summed E-state index contributed by atoms with van der Waals surface area (Å²) in [7, 11) is 4.28. The number of halogens is 1. The molecule has 2 aromatic rings. The lowest BCUT2D eigenvalue weighted by Gasteiger charge is -2.06. The molecule has 3 N–H and O–H groups in total. The molecule has 1 aromatic heterocycles. The van der Waals surface area contributed by atoms with E-state index in [0.29, 0.717) is 5.02 Å². The topological polar surface area (TPSA) is 58.5 Å². The molecule has 0 saturated heterocycles. The largest absolute Gasteiger partial charge is 0.361 e. The quantitative estimate of drug-likeness (QED) is 0.635. The first kappa shape index (κ1) is 17.7. The summed E-state index contributed by atoms with van der Waals surface area (Å²) in [6, 6.07) is 7.05. The molecule has 0 aliphatic rings. The Labute approximate surface area is 145 Å². The number of amides is 1. The Hall–Kier alpha value is -1.63. The molecule has 0 bridgehead atoms. The number of hydrogen-bond acceptors (Lipinski definition) is 4. The Bertz CT molecular complexity index is 627. The van der Waals surface area contributed by atoms with Gasteiger partial charge in [0, 0.05) is 29.1 Å². The number of nitrogens with one attached hydrogen (secondary N) is 3. The van der Waals surface area contributed by atoms with Gasteiger partial charge in [-0.3, -0.25) is 4.79 Å². The van der Waals surface area contributed by atoms with E-state index < -0.39 is 0 Å². The van der Waals surface area contributed by atoms with E-state index in [1.165, 1.54) is 16.2 Å². The Kier molecular flexibility index (Phi) is 6.83. The smallest absolute Gasteiger partial charge is 0.230 e. The second kappa shape index (κ2) is 8.86. The molecule has 1 heterocycles. The molecule has 0 saturated carbocycles. The van der Waals surface area contributed by atoms with Crippen LogP contribution < -0.4 is 15.5 Å². The van der Waals surface area contributed by atoms with E-state index in [1.54, 1.807) is 24.3 Å². The van der Waals surface area contributed by atoms with Crippen molar-refractivity contribution in [3.05, 3.63) is 40.4 Å². The SMILES string of the molecule is C[NH+](C)CCCNc1nc(CC(=O)Nc2ccc(Cl)cc2)cs1. The van der Waals surface area contributed by atoms with Crippen LogP contribution in [0.4, 0.5) is 10.8 Å². The molecule has 0 atom stereocenters. The van der Waals surface area contributed by atoms with Crippen molar-refractivity contribution in [3.63, 3.8) is 0 Å². The van der Waals surface area contributed by atoms with Crippen LogP contribution >= 0.6 is 22.9 Å². The average molecular weight is 354 g/mol. The fourth-order valence-corrected chi connectivity index (χ4v) is 2.87. The van der Waals surface area contributed by atoms with Crippen LogP contribution in [0.1, 0.15) is 12.1 Å². The van der Waals surface area contributed by atoms with E-state index in [0.717, 1.165) is 36.0 Å². The first-order valence-electron chi connectivity index (χ1n) is 7.55. The monoisotopic (exact) mass is 353 g/mol. The Balaban J connectivity index is 1.77. The van der Waals surface area contributed by atoms with Gasteiger partial charge < -0.3 is 15.5 Å². The van der Waals surface area contributed by atoms with E-state index in [9.17, 15) is 4.79 Å². The molecule has 0 spiro atoms. The van der Waals surface area contributed by atoms with E-state index in [1.807, 2.05) is 5.38 Å². The number of thiazole rings is 1. The van der Waals surface area contributed by atoms with E-state index >= 15 is 0 Å². The van der Waals surface area contributed by atoms with Crippen LogP contribution in [0.3, 0.4) is 0 Å². The third-order valence-electron chi connectivity index (χ3n) is 3.15. The number of carbonyl (C=O) groups excluding carboxylic acids is 1. The van der Waals surface area contributed by atoms with Crippen LogP contribution in [0.15, 0.2) is 29.6 Å². The third kappa shape index (κ3) is 6.56. The number of rotatable bonds is 8. The van der Waals surface area contributed by atoms with Gasteiger partial charge in [0.05, 0.1) is 32.8 Å². The van der Waals surface area contributed by atoms with Crippen LogP contribution in [-0.2, 0) is 11.2 Å². The lowest BCUT2D eigenvalue weighted by molar-refractivity contribution is -0.858. The first-order chi connectivity index (χ1) is 11.0. The molecule has 23 heavy (non-hydrogen) atoms. The van der Waals surface area contributed by atoms with Crippen molar-refractivity contribution < 1.29 is 9.69 Å². The lowest BCUT2D eigenvalue weighted by Crippen LogP contribution is -3.05. The lowest BCUT2D eigenvalue weighted by atomic mass is 10.3. The number of benzene rings is 1. The summed E-state index contributed by atoms with van der Waals surface area (Å²) in [6.07, 6.45) is 1.36. The van der Waals surface area contributed by atoms with Crippen molar-refractivity contribution in [1.29, 1.82) is 0 Å². The van der Waals surface area contributed by atoms with Gasteiger partial charge in [0.15, 0.2) is 5.13 Å². The highest BCUT2D eigenvalue weighted by atomic mass is 35.5. The second-order valence-corrected chi connectivity index (χ2v) is 6.91. The number of aromatic nitrogens is 1. The first-order valence-corrected chi connectivity index (χ1v) is 8.81. The number of anilines is 2. The molecule has 7 heteroatoms. The second-order valence-electron chi connectivity index (χ2n) is 5.61. The molecule has 0 aliphatic carbocycles. The van der Waals surface area contributed by atoms with Gasteiger partial charge in [-0.05, 0) is 24.3 Å². The number of carbonyl (C=O) groups is 1. The summed E-state index contributed by atoms with van der Waals surface area (Å²) in [5.41, 5.74) is 1.52. The Morgan fingerprint density at radius 3 is 2.74 bits per heavy atom. The molecule has 0 unspecified atom stereocenters. The summed E-state index contributed by atoms with van der Waals surface area (Å²) in [5.74, 6) is -0.0830. The van der Waals surface area contributed by atoms with Gasteiger partial charge in [0.25, 0.3) is 0 Å². The molecule has 5 nitrogen and oxygen atoms in total. The van der Waals surface area contributed by atoms with Gasteiger partial charge in [0.1, 0.15) is 0 Å². The molecule has 1 aromatic carbocycles. The predicted octanol–water partition coefficient (Wildman–Crippen LogP) is 1.92. The van der Waals surface area contributed by atoms with Crippen molar-refractivity contribution in [1.82, 2.24) is 4.98 Å². The van der Waals surface area contributed by atoms with E-state index in [4.69, 9.17) is 11.6 Å². The summed E-state index contributed by atoms with van der Waals surface area (Å²) in [5, 5.41) is 9.57. The number of hydrogen-bond donors (Lipinski definition) is 3. The molecule has 1 amide bonds. The van der Waals surface area contributed by atoms with Crippen LogP contribution in [0.5, 0.6) is 0 Å². The molecule has 0 aliphatic heterocycles. The molecular weight excluding hydrogens is 332 g/mol. The van der Waals surface area contributed by atoms with Crippen LogP contribution in [0.2, 0.25) is 5.02 Å². The molecule has 124 valence electrons. The zero-order valence-electron chi connectivity index (χ0n) is 13.4. The predicted molar refractivity (Wildman–Crippen MR) is 96.7 cm³/mol. The van der Waals surface area contributed by atoms with Crippen LogP contribution in [0.25, 0.3) is 0 Å². The maximum Gasteiger partial charge on any atom is 0.230 e. The summed E-state index contributed by atoms with van der Waals surface area (Å²) in [4.78, 5) is 17.9. The van der Waals surface area contributed by atoms with Crippen LogP contribution in [0, 0.1) is 0 Å². The Morgan fingerprint density at radius 1 is 1.30 bits per heavy atom. The fourth-order valence-electron chi connectivity index (χ4n) is 2.01. The normalized spacial score (nSPS) is 10.8. The van der Waals surface area contributed by atoms with Crippen molar-refractivity contribution in [2.45, 2.75) is 12.8 Å². The molecular formula is C16H22ClN4OS+. The van der Waals surface area contributed by atoms with Crippen molar-refractivity contribution in [3.8, 4) is 0 Å². The van der Waals surface area contributed by atoms with Gasteiger partial charge in [-0.1, -0.05) is 11.6 Å². The van der Waals surface area contributed by atoms with Crippen LogP contribution in [-0.4, -0.2) is 38.1 Å². The van der Waals surface area contributed by atoms with Crippen molar-refractivity contribution >= 4 is 39.7 Å². The zero-order valence-corrected chi connectivity index (χ0v) is 14.9. The minimum atomic E-state index is -0.0830. The highest BCUT2D eigenvalue weighted by Gasteiger charge is 2.08. The summed E-state index contributed by atoms with van der Waals surface area (Å²) in [6.45, 7) is 2.02. The maximum absolute atomic E-state index is 12.0. The third-order valence-corrected chi connectivity index (χ3v) is 4.25. The molecule has 0 fully saturated rings. The maximum atomic E-state index is 12.0. The number of quaternary nitrogens is 1. The minimum absolute atomic E-state index is 0.0830. The fraction of sp³-hybridized carbons (Fsp3) is 0.375. The zero-order chi connectivity index (χ0) is 16.7.